The molecule has 1 atom stereocenters. The third-order valence-electron chi connectivity index (χ3n) is 5.57. The van der Waals surface area contributed by atoms with E-state index in [0.29, 0.717) is 38.4 Å². The van der Waals surface area contributed by atoms with Gasteiger partial charge in [0, 0.05) is 31.5 Å². The molecule has 1 unspecified atom stereocenters. The van der Waals surface area contributed by atoms with Crippen LogP contribution in [0, 0.1) is 0 Å². The Labute approximate surface area is 164 Å². The number of carbonyl (C=O) groups is 2. The van der Waals surface area contributed by atoms with Gasteiger partial charge >= 0.3 is 0 Å². The molecule has 2 fully saturated rings. The van der Waals surface area contributed by atoms with Crippen molar-refractivity contribution in [2.45, 2.75) is 38.3 Å². The SMILES string of the molecule is CCn1ccc(C(=O)N2CCOC3(CCCCN(c4ccccc4)C3=O)C2)n1. The maximum Gasteiger partial charge on any atom is 0.274 e. The van der Waals surface area contributed by atoms with Crippen LogP contribution in [0.4, 0.5) is 5.69 Å². The Morgan fingerprint density at radius 3 is 2.75 bits per heavy atom. The second-order valence-corrected chi connectivity index (χ2v) is 7.38. The number of hydrogen-bond acceptors (Lipinski definition) is 4. The molecule has 1 aromatic carbocycles. The fraction of sp³-hybridized carbons (Fsp3) is 0.476. The zero-order valence-corrected chi connectivity index (χ0v) is 16.2. The highest BCUT2D eigenvalue weighted by molar-refractivity contribution is 6.01. The van der Waals surface area contributed by atoms with Gasteiger partial charge in [-0.2, -0.15) is 5.10 Å². The molecule has 4 rings (SSSR count). The molecule has 2 saturated heterocycles. The van der Waals surface area contributed by atoms with E-state index in [0.717, 1.165) is 18.5 Å². The van der Waals surface area contributed by atoms with Crippen molar-refractivity contribution in [2.24, 2.45) is 0 Å². The van der Waals surface area contributed by atoms with E-state index in [9.17, 15) is 9.59 Å². The molecule has 0 radical (unpaired) electrons. The quantitative estimate of drug-likeness (QED) is 0.817. The first-order valence-corrected chi connectivity index (χ1v) is 9.97. The molecule has 7 nitrogen and oxygen atoms in total. The lowest BCUT2D eigenvalue weighted by Crippen LogP contribution is -2.61. The van der Waals surface area contributed by atoms with Crippen molar-refractivity contribution in [3.05, 3.63) is 48.3 Å². The predicted molar refractivity (Wildman–Crippen MR) is 105 cm³/mol. The fourth-order valence-electron chi connectivity index (χ4n) is 4.04. The molecule has 1 aromatic heterocycles. The zero-order chi connectivity index (χ0) is 19.6. The maximum atomic E-state index is 13.5. The van der Waals surface area contributed by atoms with Crippen LogP contribution in [-0.4, -0.2) is 58.3 Å². The Morgan fingerprint density at radius 1 is 1.18 bits per heavy atom. The van der Waals surface area contributed by atoms with E-state index in [2.05, 4.69) is 5.10 Å². The first kappa shape index (κ1) is 18.7. The molecule has 2 aliphatic heterocycles. The normalized spacial score (nSPS) is 23.1. The van der Waals surface area contributed by atoms with Crippen LogP contribution in [-0.2, 0) is 16.1 Å². The van der Waals surface area contributed by atoms with Gasteiger partial charge in [-0.05, 0) is 44.4 Å². The first-order valence-electron chi connectivity index (χ1n) is 9.97. The number of hydrogen-bond donors (Lipinski definition) is 0. The number of aromatic nitrogens is 2. The number of nitrogens with zero attached hydrogens (tertiary/aromatic N) is 4. The second kappa shape index (κ2) is 7.75. The van der Waals surface area contributed by atoms with Crippen LogP contribution >= 0.6 is 0 Å². The van der Waals surface area contributed by atoms with E-state index >= 15 is 0 Å². The third kappa shape index (κ3) is 3.42. The molecular formula is C21H26N4O3. The molecule has 28 heavy (non-hydrogen) atoms. The molecule has 0 N–H and O–H groups in total. The topological polar surface area (TPSA) is 67.7 Å². The molecule has 2 aliphatic rings. The minimum atomic E-state index is -0.979. The second-order valence-electron chi connectivity index (χ2n) is 7.38. The third-order valence-corrected chi connectivity index (χ3v) is 5.57. The molecule has 2 amide bonds. The van der Waals surface area contributed by atoms with Gasteiger partial charge in [0.1, 0.15) is 5.69 Å². The van der Waals surface area contributed by atoms with Gasteiger partial charge in [0.05, 0.1) is 13.2 Å². The van der Waals surface area contributed by atoms with Crippen molar-refractivity contribution in [3.63, 3.8) is 0 Å². The number of benzene rings is 1. The van der Waals surface area contributed by atoms with Crippen molar-refractivity contribution in [3.8, 4) is 0 Å². The van der Waals surface area contributed by atoms with Gasteiger partial charge < -0.3 is 14.5 Å². The van der Waals surface area contributed by atoms with Crippen LogP contribution in [0.3, 0.4) is 0 Å². The number of morpholine rings is 1. The molecule has 3 heterocycles. The number of aryl methyl sites for hydroxylation is 1. The van der Waals surface area contributed by atoms with E-state index in [1.165, 1.54) is 0 Å². The van der Waals surface area contributed by atoms with Gasteiger partial charge in [-0.3, -0.25) is 14.3 Å². The molecule has 2 aromatic rings. The van der Waals surface area contributed by atoms with Crippen molar-refractivity contribution < 1.29 is 14.3 Å². The average molecular weight is 382 g/mol. The zero-order valence-electron chi connectivity index (χ0n) is 16.2. The van der Waals surface area contributed by atoms with E-state index in [1.54, 1.807) is 21.8 Å². The van der Waals surface area contributed by atoms with Gasteiger partial charge in [-0.25, -0.2) is 0 Å². The fourth-order valence-corrected chi connectivity index (χ4v) is 4.04. The number of amides is 2. The van der Waals surface area contributed by atoms with Gasteiger partial charge in [-0.15, -0.1) is 0 Å². The van der Waals surface area contributed by atoms with Crippen LogP contribution in [0.5, 0.6) is 0 Å². The van der Waals surface area contributed by atoms with Gasteiger partial charge in [0.25, 0.3) is 11.8 Å². The van der Waals surface area contributed by atoms with Crippen molar-refractivity contribution in [1.82, 2.24) is 14.7 Å². The largest absolute Gasteiger partial charge is 0.361 e. The average Bonchev–Trinajstić information content (AvgIpc) is 3.17. The monoisotopic (exact) mass is 382 g/mol. The van der Waals surface area contributed by atoms with Crippen LogP contribution in [0.15, 0.2) is 42.6 Å². The Balaban J connectivity index is 1.58. The highest BCUT2D eigenvalue weighted by Gasteiger charge is 2.48. The molecule has 7 heteroatoms. The van der Waals surface area contributed by atoms with Crippen LogP contribution in [0.1, 0.15) is 36.7 Å². The van der Waals surface area contributed by atoms with Crippen molar-refractivity contribution in [2.75, 3.05) is 31.1 Å². The molecule has 0 saturated carbocycles. The molecule has 1 spiro atoms. The highest BCUT2D eigenvalue weighted by atomic mass is 16.5. The summed E-state index contributed by atoms with van der Waals surface area (Å²) in [6, 6.07) is 11.4. The van der Waals surface area contributed by atoms with Crippen molar-refractivity contribution in [1.29, 1.82) is 0 Å². The maximum absolute atomic E-state index is 13.5. The Kier molecular flexibility index (Phi) is 5.17. The molecule has 0 aliphatic carbocycles. The number of anilines is 1. The minimum Gasteiger partial charge on any atom is -0.361 e. The summed E-state index contributed by atoms with van der Waals surface area (Å²) >= 11 is 0. The van der Waals surface area contributed by atoms with Gasteiger partial charge in [0.15, 0.2) is 5.60 Å². The lowest BCUT2D eigenvalue weighted by atomic mass is 9.93. The van der Waals surface area contributed by atoms with Crippen LogP contribution in [0.25, 0.3) is 0 Å². The minimum absolute atomic E-state index is 0.0483. The Morgan fingerprint density at radius 2 is 2.00 bits per heavy atom. The number of rotatable bonds is 3. The van der Waals surface area contributed by atoms with Crippen LogP contribution < -0.4 is 4.90 Å². The van der Waals surface area contributed by atoms with E-state index in [4.69, 9.17) is 4.74 Å². The van der Waals surface area contributed by atoms with Gasteiger partial charge in [-0.1, -0.05) is 18.2 Å². The van der Waals surface area contributed by atoms with Crippen molar-refractivity contribution >= 4 is 17.5 Å². The summed E-state index contributed by atoms with van der Waals surface area (Å²) in [5.74, 6) is -0.189. The smallest absolute Gasteiger partial charge is 0.274 e. The summed E-state index contributed by atoms with van der Waals surface area (Å²) in [5.41, 5.74) is 0.315. The molecular weight excluding hydrogens is 356 g/mol. The molecule has 148 valence electrons. The first-order chi connectivity index (χ1) is 13.6. The standard InChI is InChI=1S/C21H26N4O3/c1-2-24-13-10-18(22-24)19(26)23-14-15-28-21(16-23)11-6-7-12-25(20(21)27)17-8-4-3-5-9-17/h3-5,8-10,13H,2,6-7,11-12,14-16H2,1H3. The lowest BCUT2D eigenvalue weighted by Gasteiger charge is -2.42. The summed E-state index contributed by atoms with van der Waals surface area (Å²) in [6.07, 6.45) is 4.24. The van der Waals surface area contributed by atoms with E-state index in [1.807, 2.05) is 42.2 Å². The predicted octanol–water partition coefficient (Wildman–Crippen LogP) is 2.33. The molecule has 0 bridgehead atoms. The summed E-state index contributed by atoms with van der Waals surface area (Å²) in [7, 11) is 0. The Hall–Kier alpha value is -2.67. The summed E-state index contributed by atoms with van der Waals surface area (Å²) in [6.45, 7) is 4.46. The highest BCUT2D eigenvalue weighted by Crippen LogP contribution is 2.32. The van der Waals surface area contributed by atoms with E-state index in [-0.39, 0.29) is 18.4 Å². The Bertz CT molecular complexity index is 850. The number of carbonyl (C=O) groups excluding carboxylic acids is 2. The summed E-state index contributed by atoms with van der Waals surface area (Å²) in [5, 5.41) is 4.33. The lowest BCUT2D eigenvalue weighted by molar-refractivity contribution is -0.155. The summed E-state index contributed by atoms with van der Waals surface area (Å²) < 4.78 is 7.82. The van der Waals surface area contributed by atoms with Crippen LogP contribution in [0.2, 0.25) is 0 Å². The number of para-hydroxylation sites is 1. The number of ether oxygens (including phenoxy) is 1. The summed E-state index contributed by atoms with van der Waals surface area (Å²) in [4.78, 5) is 30.0. The van der Waals surface area contributed by atoms with E-state index < -0.39 is 5.60 Å². The van der Waals surface area contributed by atoms with Gasteiger partial charge in [0.2, 0.25) is 0 Å².